The van der Waals surface area contributed by atoms with Crippen LogP contribution in [0.25, 0.3) is 0 Å². The summed E-state index contributed by atoms with van der Waals surface area (Å²) in [4.78, 5) is 23.4. The third-order valence-corrected chi connectivity index (χ3v) is 7.94. The first kappa shape index (κ1) is 33.7. The van der Waals surface area contributed by atoms with Crippen molar-refractivity contribution in [1.29, 1.82) is 0 Å². The molecule has 1 amide bonds. The van der Waals surface area contributed by atoms with Crippen LogP contribution >= 0.6 is 0 Å². The molecule has 0 spiro atoms. The lowest BCUT2D eigenvalue weighted by Gasteiger charge is -2.35. The molecule has 0 saturated heterocycles. The molecule has 2 aliphatic carbocycles. The molecule has 2 aromatic heterocycles. The molecule has 42 heavy (non-hydrogen) atoms. The quantitative estimate of drug-likeness (QED) is 0.112. The topological polar surface area (TPSA) is 198 Å². The van der Waals surface area contributed by atoms with Crippen molar-refractivity contribution >= 4 is 11.9 Å². The zero-order chi connectivity index (χ0) is 31.3. The molecule has 2 fully saturated rings. The fraction of sp³-hybridized carbons (Fsp3) is 0.724. The average Bonchev–Trinajstić information content (AvgIpc) is 3.57. The summed E-state index contributed by atoms with van der Waals surface area (Å²) < 4.78 is 8.02. The third-order valence-electron chi connectivity index (χ3n) is 7.94. The largest absolute Gasteiger partial charge is 0.469 e. The summed E-state index contributed by atoms with van der Waals surface area (Å²) in [6, 6.07) is 0. The van der Waals surface area contributed by atoms with E-state index in [1.54, 1.807) is 61.8 Å². The van der Waals surface area contributed by atoms with Gasteiger partial charge in [0.05, 0.1) is 60.9 Å². The maximum atomic E-state index is 11.7. The highest BCUT2D eigenvalue weighted by molar-refractivity contribution is 5.78. The normalized spacial score (nSPS) is 26.6. The number of carbonyl (C=O) groups is 2. The number of amides is 1. The van der Waals surface area contributed by atoms with Crippen LogP contribution in [0, 0.1) is 11.8 Å². The second kappa shape index (κ2) is 13.2. The lowest BCUT2D eigenvalue weighted by atomic mass is 9.75. The third kappa shape index (κ3) is 9.08. The number of ether oxygens (including phenoxy) is 1. The zero-order valence-electron chi connectivity index (χ0n) is 25.4. The first-order chi connectivity index (χ1) is 19.5. The van der Waals surface area contributed by atoms with Crippen molar-refractivity contribution in [3.8, 4) is 0 Å². The van der Waals surface area contributed by atoms with Gasteiger partial charge in [0.25, 0.3) is 0 Å². The fourth-order valence-electron chi connectivity index (χ4n) is 5.91. The lowest BCUT2D eigenvalue weighted by molar-refractivity contribution is -0.150. The van der Waals surface area contributed by atoms with Crippen molar-refractivity contribution in [3.63, 3.8) is 0 Å². The van der Waals surface area contributed by atoms with E-state index in [2.05, 4.69) is 15.6 Å². The molecule has 4 unspecified atom stereocenters. The summed E-state index contributed by atoms with van der Waals surface area (Å²) in [7, 11) is 1.37. The maximum absolute atomic E-state index is 11.7. The molecule has 236 valence electrons. The summed E-state index contributed by atoms with van der Waals surface area (Å²) in [5, 5.41) is 49.7. The molecule has 2 aliphatic rings. The number of hydrogen-bond acceptors (Lipinski definition) is 10. The predicted octanol–water partition coefficient (Wildman–Crippen LogP) is 1.23. The monoisotopic (exact) mass is 592 g/mol. The lowest BCUT2D eigenvalue weighted by Crippen LogP contribution is -2.42. The van der Waals surface area contributed by atoms with Gasteiger partial charge in [-0.25, -0.2) is 5.84 Å². The number of carbonyl (C=O) groups excluding carboxylic acids is 2. The van der Waals surface area contributed by atoms with Crippen molar-refractivity contribution in [2.45, 2.75) is 115 Å². The van der Waals surface area contributed by atoms with E-state index in [-0.39, 0.29) is 23.7 Å². The predicted molar refractivity (Wildman–Crippen MR) is 153 cm³/mol. The average molecular weight is 593 g/mol. The van der Waals surface area contributed by atoms with E-state index in [9.17, 15) is 30.0 Å². The van der Waals surface area contributed by atoms with Crippen LogP contribution in [0.5, 0.6) is 0 Å². The molecule has 4 atom stereocenters. The molecule has 0 aromatic carbocycles. The van der Waals surface area contributed by atoms with Gasteiger partial charge in [0.15, 0.2) is 0 Å². The number of hydrogen-bond donors (Lipinski definition) is 6. The van der Waals surface area contributed by atoms with E-state index in [1.807, 2.05) is 0 Å². The van der Waals surface area contributed by atoms with Crippen molar-refractivity contribution in [2.75, 3.05) is 7.11 Å². The van der Waals surface area contributed by atoms with Crippen LogP contribution in [0.1, 0.15) is 90.2 Å². The Hall–Kier alpha value is -2.84. The van der Waals surface area contributed by atoms with Gasteiger partial charge in [0, 0.05) is 29.4 Å². The Balaban J connectivity index is 0.000000230. The minimum Gasteiger partial charge on any atom is -0.469 e. The number of aliphatic hydroxyl groups is 4. The van der Waals surface area contributed by atoms with Gasteiger partial charge in [0.2, 0.25) is 5.91 Å². The standard InChI is InChI=1S/C15H24N2O4.C14H24N4O3/c1-14(2,19)10-17-9-12(8-16-17)15(20)6-4-5-11(7-15)13(18)21-3;1-13(2,20)9-18-8-11(7-16-18)14(21)5-3-4-10(6-14)12(19)17-15/h8-9,11,19-20H,4-7,10H2,1-3H3;7-8,10,20-21H,3-6,9,15H2,1-2H3,(H,17,19). The molecule has 13 heteroatoms. The van der Waals surface area contributed by atoms with Crippen LogP contribution in [0.15, 0.2) is 24.8 Å². The van der Waals surface area contributed by atoms with E-state index in [0.717, 1.165) is 25.7 Å². The van der Waals surface area contributed by atoms with Crippen LogP contribution in [0.4, 0.5) is 0 Å². The Labute approximate surface area is 247 Å². The summed E-state index contributed by atoms with van der Waals surface area (Å²) >= 11 is 0. The van der Waals surface area contributed by atoms with E-state index >= 15 is 0 Å². The summed E-state index contributed by atoms with van der Waals surface area (Å²) in [6.45, 7) is 7.50. The zero-order valence-corrected chi connectivity index (χ0v) is 25.4. The smallest absolute Gasteiger partial charge is 0.308 e. The maximum Gasteiger partial charge on any atom is 0.308 e. The Bertz CT molecular complexity index is 1110. The van der Waals surface area contributed by atoms with Crippen molar-refractivity contribution in [3.05, 3.63) is 35.9 Å². The Morgan fingerprint density at radius 1 is 0.929 bits per heavy atom. The van der Waals surface area contributed by atoms with Gasteiger partial charge in [-0.05, 0) is 79.1 Å². The van der Waals surface area contributed by atoms with Crippen molar-refractivity contribution < 1.29 is 34.8 Å². The molecule has 0 bridgehead atoms. The van der Waals surface area contributed by atoms with Gasteiger partial charge >= 0.3 is 5.97 Å². The first-order valence-electron chi connectivity index (χ1n) is 14.5. The molecule has 2 saturated carbocycles. The van der Waals surface area contributed by atoms with E-state index in [4.69, 9.17) is 10.6 Å². The molecule has 0 radical (unpaired) electrons. The van der Waals surface area contributed by atoms with Crippen molar-refractivity contribution in [2.24, 2.45) is 17.7 Å². The SMILES string of the molecule is CC(C)(O)Cn1cc(C2(O)CCCC(C(=O)NN)C2)cn1.COC(=O)C1CCCC(O)(c2cnn(CC(C)(C)O)c2)C1. The molecule has 4 rings (SSSR count). The molecule has 7 N–H and O–H groups in total. The minimum absolute atomic E-state index is 0.239. The van der Waals surface area contributed by atoms with Crippen LogP contribution < -0.4 is 11.3 Å². The number of esters is 1. The second-order valence-electron chi connectivity index (χ2n) is 13.2. The summed E-state index contributed by atoms with van der Waals surface area (Å²) in [5.74, 6) is 4.12. The minimum atomic E-state index is -1.06. The van der Waals surface area contributed by atoms with E-state index < -0.39 is 22.4 Å². The second-order valence-corrected chi connectivity index (χ2v) is 13.2. The number of methoxy groups -OCH3 is 1. The molecular weight excluding hydrogens is 544 g/mol. The molecule has 2 aromatic rings. The Morgan fingerprint density at radius 3 is 1.76 bits per heavy atom. The van der Waals surface area contributed by atoms with Crippen molar-refractivity contribution in [1.82, 2.24) is 25.0 Å². The first-order valence-corrected chi connectivity index (χ1v) is 14.5. The number of hydrazine groups is 1. The van der Waals surface area contributed by atoms with Crippen LogP contribution in [-0.4, -0.2) is 70.2 Å². The van der Waals surface area contributed by atoms with E-state index in [0.29, 0.717) is 49.9 Å². The van der Waals surface area contributed by atoms with Gasteiger partial charge in [-0.3, -0.25) is 24.4 Å². The Kier molecular flexibility index (Phi) is 10.6. The van der Waals surface area contributed by atoms with Gasteiger partial charge < -0.3 is 25.2 Å². The summed E-state index contributed by atoms with van der Waals surface area (Å²) in [6.07, 6.45) is 11.6. The highest BCUT2D eigenvalue weighted by Crippen LogP contribution is 2.41. The number of nitrogens with two attached hydrogens (primary N) is 1. The highest BCUT2D eigenvalue weighted by atomic mass is 16.5. The Morgan fingerprint density at radius 2 is 1.36 bits per heavy atom. The van der Waals surface area contributed by atoms with Gasteiger partial charge in [-0.2, -0.15) is 10.2 Å². The number of rotatable bonds is 8. The fourth-order valence-corrected chi connectivity index (χ4v) is 5.91. The van der Waals surface area contributed by atoms with E-state index in [1.165, 1.54) is 7.11 Å². The highest BCUT2D eigenvalue weighted by Gasteiger charge is 2.41. The van der Waals surface area contributed by atoms with Crippen LogP contribution in [-0.2, 0) is 38.6 Å². The number of aromatic nitrogens is 4. The van der Waals surface area contributed by atoms with Crippen LogP contribution in [0.3, 0.4) is 0 Å². The van der Waals surface area contributed by atoms with Crippen LogP contribution in [0.2, 0.25) is 0 Å². The number of nitrogens with zero attached hydrogens (tertiary/aromatic N) is 4. The van der Waals surface area contributed by atoms with Gasteiger partial charge in [-0.15, -0.1) is 0 Å². The molecule has 0 aliphatic heterocycles. The number of nitrogens with one attached hydrogen (secondary N) is 1. The van der Waals surface area contributed by atoms with Gasteiger partial charge in [0.1, 0.15) is 0 Å². The summed E-state index contributed by atoms with van der Waals surface area (Å²) in [5.41, 5.74) is -0.319. The molecular formula is C29H48N6O7. The molecule has 2 heterocycles. The molecule has 13 nitrogen and oxygen atoms in total. The van der Waals surface area contributed by atoms with Gasteiger partial charge in [-0.1, -0.05) is 0 Å².